The smallest absolute Gasteiger partial charge is 0.310 e. The van der Waals surface area contributed by atoms with Gasteiger partial charge in [0, 0.05) is 4.88 Å². The summed E-state index contributed by atoms with van der Waals surface area (Å²) in [5.41, 5.74) is 7.77. The lowest BCUT2D eigenvalue weighted by molar-refractivity contribution is -0.153. The Morgan fingerprint density at radius 1 is 1.24 bits per heavy atom. The lowest BCUT2D eigenvalue weighted by Crippen LogP contribution is -2.31. The molecular formula is C21H24N2O5S. The van der Waals surface area contributed by atoms with Gasteiger partial charge in [-0.1, -0.05) is 18.2 Å². The van der Waals surface area contributed by atoms with E-state index in [1.54, 1.807) is 0 Å². The molecule has 29 heavy (non-hydrogen) atoms. The minimum Gasteiger partial charge on any atom is -0.493 e. The van der Waals surface area contributed by atoms with Crippen LogP contribution in [-0.2, 0) is 27.2 Å². The molecule has 154 valence electrons. The van der Waals surface area contributed by atoms with Crippen molar-refractivity contribution in [2.75, 3.05) is 11.9 Å². The minimum absolute atomic E-state index is 0.0196. The van der Waals surface area contributed by atoms with E-state index in [4.69, 9.17) is 15.2 Å². The number of nitrogens with two attached hydrogens (primary N) is 1. The van der Waals surface area contributed by atoms with E-state index in [1.807, 2.05) is 31.2 Å². The van der Waals surface area contributed by atoms with Gasteiger partial charge in [-0.25, -0.2) is 0 Å². The molecule has 2 amide bonds. The van der Waals surface area contributed by atoms with E-state index in [0.29, 0.717) is 16.3 Å². The number of hydrogen-bond acceptors (Lipinski definition) is 6. The van der Waals surface area contributed by atoms with Crippen LogP contribution >= 0.6 is 11.3 Å². The Hall–Kier alpha value is -2.87. The first kappa shape index (κ1) is 20.9. The Balaban J connectivity index is 1.51. The molecule has 1 atom stereocenters. The number of fused-ring (bicyclic) bond motifs is 1. The molecule has 0 fully saturated rings. The third-order valence-corrected chi connectivity index (χ3v) is 5.95. The molecule has 3 rings (SSSR count). The van der Waals surface area contributed by atoms with Gasteiger partial charge >= 0.3 is 5.97 Å². The number of hydrogen-bond donors (Lipinski definition) is 2. The summed E-state index contributed by atoms with van der Waals surface area (Å²) in [6, 6.07) is 7.50. The third kappa shape index (κ3) is 4.95. The Bertz CT molecular complexity index is 937. The Morgan fingerprint density at radius 3 is 2.72 bits per heavy atom. The number of primary amides is 1. The summed E-state index contributed by atoms with van der Waals surface area (Å²) in [5.74, 6) is -0.890. The number of carbonyl (C=O) groups excluding carboxylic acids is 3. The van der Waals surface area contributed by atoms with Crippen LogP contribution in [-0.4, -0.2) is 30.5 Å². The van der Waals surface area contributed by atoms with Crippen molar-refractivity contribution < 1.29 is 23.9 Å². The number of benzene rings is 1. The molecule has 2 aromatic rings. The van der Waals surface area contributed by atoms with Crippen LogP contribution in [0.25, 0.3) is 0 Å². The van der Waals surface area contributed by atoms with Gasteiger partial charge in [0.25, 0.3) is 11.8 Å². The maximum Gasteiger partial charge on any atom is 0.310 e. The normalized spacial score (nSPS) is 13.4. The number of esters is 1. The highest BCUT2D eigenvalue weighted by Crippen LogP contribution is 2.38. The monoisotopic (exact) mass is 416 g/mol. The van der Waals surface area contributed by atoms with E-state index in [1.165, 1.54) is 18.3 Å². The number of aryl methyl sites for hydroxylation is 2. The minimum atomic E-state index is -1.00. The first-order chi connectivity index (χ1) is 13.9. The molecular weight excluding hydrogens is 392 g/mol. The van der Waals surface area contributed by atoms with E-state index < -0.39 is 23.9 Å². The van der Waals surface area contributed by atoms with Crippen molar-refractivity contribution in [3.05, 3.63) is 45.8 Å². The number of thiophene rings is 1. The van der Waals surface area contributed by atoms with Crippen LogP contribution in [0.15, 0.2) is 24.3 Å². The van der Waals surface area contributed by atoms with Crippen molar-refractivity contribution in [2.45, 2.75) is 45.6 Å². The second-order valence-electron chi connectivity index (χ2n) is 6.91. The molecule has 0 bridgehead atoms. The molecule has 1 aromatic heterocycles. The zero-order valence-corrected chi connectivity index (χ0v) is 17.3. The van der Waals surface area contributed by atoms with Gasteiger partial charge in [0.05, 0.1) is 18.6 Å². The second-order valence-corrected chi connectivity index (χ2v) is 8.02. The zero-order chi connectivity index (χ0) is 21.0. The van der Waals surface area contributed by atoms with Crippen molar-refractivity contribution in [3.8, 4) is 5.75 Å². The Kier molecular flexibility index (Phi) is 6.53. The first-order valence-corrected chi connectivity index (χ1v) is 10.3. The van der Waals surface area contributed by atoms with Crippen molar-refractivity contribution in [3.63, 3.8) is 0 Å². The van der Waals surface area contributed by atoms with Gasteiger partial charge in [-0.3, -0.25) is 14.4 Å². The molecule has 1 aliphatic carbocycles. The van der Waals surface area contributed by atoms with Crippen LogP contribution in [0.4, 0.5) is 5.00 Å². The molecule has 1 heterocycles. The maximum absolute atomic E-state index is 12.4. The molecule has 0 saturated carbocycles. The highest BCUT2D eigenvalue weighted by atomic mass is 32.1. The average Bonchev–Trinajstić information content (AvgIpc) is 3.23. The highest BCUT2D eigenvalue weighted by Gasteiger charge is 2.27. The summed E-state index contributed by atoms with van der Waals surface area (Å²) in [5, 5.41) is 3.11. The second kappa shape index (κ2) is 9.09. The predicted octanol–water partition coefficient (Wildman–Crippen LogP) is 2.98. The SMILES string of the molecule is Cc1ccccc1OCCC(=O)O[C@H](C)C(=O)Nc1sc2c(c1C(N)=O)CCC2. The summed E-state index contributed by atoms with van der Waals surface area (Å²) < 4.78 is 10.8. The lowest BCUT2D eigenvalue weighted by Gasteiger charge is -2.14. The van der Waals surface area contributed by atoms with Gasteiger partial charge in [0.1, 0.15) is 10.8 Å². The van der Waals surface area contributed by atoms with Gasteiger partial charge in [-0.15, -0.1) is 11.3 Å². The van der Waals surface area contributed by atoms with Crippen molar-refractivity contribution >= 4 is 34.1 Å². The number of rotatable bonds is 8. The van der Waals surface area contributed by atoms with E-state index in [-0.39, 0.29) is 13.0 Å². The van der Waals surface area contributed by atoms with Crippen LogP contribution in [0, 0.1) is 6.92 Å². The lowest BCUT2D eigenvalue weighted by atomic mass is 10.1. The fourth-order valence-corrected chi connectivity index (χ4v) is 4.54. The van der Waals surface area contributed by atoms with Crippen LogP contribution in [0.2, 0.25) is 0 Å². The maximum atomic E-state index is 12.4. The van der Waals surface area contributed by atoms with Gasteiger partial charge < -0.3 is 20.5 Å². The van der Waals surface area contributed by atoms with Crippen LogP contribution in [0.3, 0.4) is 0 Å². The topological polar surface area (TPSA) is 108 Å². The van der Waals surface area contributed by atoms with Crippen LogP contribution in [0.1, 0.15) is 46.1 Å². The molecule has 7 nitrogen and oxygen atoms in total. The number of ether oxygens (including phenoxy) is 2. The van der Waals surface area contributed by atoms with Crippen molar-refractivity contribution in [1.82, 2.24) is 0 Å². The fourth-order valence-electron chi connectivity index (χ4n) is 3.24. The molecule has 0 aliphatic heterocycles. The number of nitrogens with one attached hydrogen (secondary N) is 1. The summed E-state index contributed by atoms with van der Waals surface area (Å²) in [7, 11) is 0. The van der Waals surface area contributed by atoms with E-state index in [9.17, 15) is 14.4 Å². The highest BCUT2D eigenvalue weighted by molar-refractivity contribution is 7.17. The quantitative estimate of drug-likeness (QED) is 0.643. The van der Waals surface area contributed by atoms with Gasteiger partial charge in [0.15, 0.2) is 6.10 Å². The van der Waals surface area contributed by atoms with Crippen molar-refractivity contribution in [2.24, 2.45) is 5.73 Å². The molecule has 3 N–H and O–H groups in total. The molecule has 0 radical (unpaired) electrons. The fraction of sp³-hybridized carbons (Fsp3) is 0.381. The molecule has 1 aliphatic rings. The standard InChI is InChI=1S/C21H24N2O5S/c1-12-6-3-4-8-15(12)27-11-10-17(24)28-13(2)20(26)23-21-18(19(22)25)14-7-5-9-16(14)29-21/h3-4,6,8,13H,5,7,9-11H2,1-2H3,(H2,22,25)(H,23,26)/t13-/m1/s1. The number of amides is 2. The Morgan fingerprint density at radius 2 is 2.00 bits per heavy atom. The summed E-state index contributed by atoms with van der Waals surface area (Å²) in [6.07, 6.45) is 1.66. The van der Waals surface area contributed by atoms with Crippen molar-refractivity contribution in [1.29, 1.82) is 0 Å². The average molecular weight is 416 g/mol. The number of anilines is 1. The van der Waals surface area contributed by atoms with E-state index in [2.05, 4.69) is 5.32 Å². The largest absolute Gasteiger partial charge is 0.493 e. The third-order valence-electron chi connectivity index (χ3n) is 4.74. The van der Waals surface area contributed by atoms with Gasteiger partial charge in [0.2, 0.25) is 0 Å². The molecule has 8 heteroatoms. The molecule has 0 spiro atoms. The van der Waals surface area contributed by atoms with Gasteiger partial charge in [-0.05, 0) is 50.3 Å². The summed E-state index contributed by atoms with van der Waals surface area (Å²) in [4.78, 5) is 37.3. The summed E-state index contributed by atoms with van der Waals surface area (Å²) in [6.45, 7) is 3.56. The van der Waals surface area contributed by atoms with Crippen LogP contribution < -0.4 is 15.8 Å². The molecule has 0 unspecified atom stereocenters. The van der Waals surface area contributed by atoms with Crippen LogP contribution in [0.5, 0.6) is 5.75 Å². The number of carbonyl (C=O) groups is 3. The summed E-state index contributed by atoms with van der Waals surface area (Å²) >= 11 is 1.36. The molecule has 1 aromatic carbocycles. The first-order valence-electron chi connectivity index (χ1n) is 9.50. The van der Waals surface area contributed by atoms with E-state index >= 15 is 0 Å². The Labute approximate surface area is 173 Å². The van der Waals surface area contributed by atoms with Gasteiger partial charge in [-0.2, -0.15) is 0 Å². The van der Waals surface area contributed by atoms with E-state index in [0.717, 1.165) is 35.3 Å². The zero-order valence-electron chi connectivity index (χ0n) is 16.4. The molecule has 0 saturated heterocycles. The number of para-hydroxylation sites is 1. The predicted molar refractivity (Wildman–Crippen MR) is 110 cm³/mol.